The summed E-state index contributed by atoms with van der Waals surface area (Å²) >= 11 is 0. The SMILES string of the molecule is Fc1ccccc1Cn1nc(-c2ncc(F)c(NC3CNC3)n2)cc1-c1ccon1. The third kappa shape index (κ3) is 3.52. The van der Waals surface area contributed by atoms with Crippen LogP contribution in [0.5, 0.6) is 0 Å². The average Bonchev–Trinajstić information content (AvgIpc) is 3.37. The molecule has 5 rings (SSSR count). The summed E-state index contributed by atoms with van der Waals surface area (Å²) in [6.07, 6.45) is 2.56. The topological polar surface area (TPSA) is 93.7 Å². The van der Waals surface area contributed by atoms with Crippen LogP contribution < -0.4 is 10.6 Å². The van der Waals surface area contributed by atoms with Crippen LogP contribution in [-0.2, 0) is 6.54 Å². The Morgan fingerprint density at radius 2 is 2.00 bits per heavy atom. The number of rotatable bonds is 6. The van der Waals surface area contributed by atoms with Crippen LogP contribution in [0.25, 0.3) is 22.9 Å². The molecule has 10 heteroatoms. The van der Waals surface area contributed by atoms with Crippen LogP contribution in [0.15, 0.2) is 53.4 Å². The zero-order valence-corrected chi connectivity index (χ0v) is 15.7. The number of hydrogen-bond donors (Lipinski definition) is 2. The summed E-state index contributed by atoms with van der Waals surface area (Å²) in [5, 5.41) is 14.7. The highest BCUT2D eigenvalue weighted by atomic mass is 19.1. The summed E-state index contributed by atoms with van der Waals surface area (Å²) in [5.74, 6) is -0.492. The first-order valence-corrected chi connectivity index (χ1v) is 9.39. The molecule has 0 radical (unpaired) electrons. The predicted octanol–water partition coefficient (Wildman–Crippen LogP) is 2.71. The predicted molar refractivity (Wildman–Crippen MR) is 104 cm³/mol. The lowest BCUT2D eigenvalue weighted by molar-refractivity contribution is 0.421. The second-order valence-corrected chi connectivity index (χ2v) is 6.94. The van der Waals surface area contributed by atoms with Gasteiger partial charge >= 0.3 is 0 Å². The molecular formula is C20H17F2N7O. The minimum absolute atomic E-state index is 0.117. The van der Waals surface area contributed by atoms with E-state index in [4.69, 9.17) is 4.52 Å². The monoisotopic (exact) mass is 409 g/mol. The molecule has 30 heavy (non-hydrogen) atoms. The van der Waals surface area contributed by atoms with E-state index in [-0.39, 0.29) is 30.0 Å². The number of nitrogens with one attached hydrogen (secondary N) is 2. The van der Waals surface area contributed by atoms with Crippen molar-refractivity contribution >= 4 is 5.82 Å². The Hall–Kier alpha value is -3.66. The number of anilines is 1. The van der Waals surface area contributed by atoms with Crippen molar-refractivity contribution in [2.24, 2.45) is 0 Å². The van der Waals surface area contributed by atoms with E-state index in [1.54, 1.807) is 35.0 Å². The number of hydrogen-bond acceptors (Lipinski definition) is 7. The van der Waals surface area contributed by atoms with E-state index in [0.717, 1.165) is 19.3 Å². The average molecular weight is 409 g/mol. The minimum Gasteiger partial charge on any atom is -0.364 e. The van der Waals surface area contributed by atoms with Gasteiger partial charge in [-0.05, 0) is 12.1 Å². The summed E-state index contributed by atoms with van der Waals surface area (Å²) in [6, 6.07) is 9.99. The fraction of sp³-hybridized carbons (Fsp3) is 0.200. The van der Waals surface area contributed by atoms with Crippen LogP contribution in [0.1, 0.15) is 5.56 Å². The van der Waals surface area contributed by atoms with E-state index in [9.17, 15) is 8.78 Å². The van der Waals surface area contributed by atoms with Gasteiger partial charge in [-0.2, -0.15) is 5.10 Å². The molecule has 2 N–H and O–H groups in total. The van der Waals surface area contributed by atoms with Crippen molar-refractivity contribution in [3.63, 3.8) is 0 Å². The fourth-order valence-electron chi connectivity index (χ4n) is 3.16. The Labute approximate surface area is 169 Å². The summed E-state index contributed by atoms with van der Waals surface area (Å²) in [5.41, 5.74) is 2.02. The first kappa shape index (κ1) is 18.4. The molecule has 1 aliphatic heterocycles. The van der Waals surface area contributed by atoms with E-state index in [0.29, 0.717) is 22.6 Å². The Kier molecular flexibility index (Phi) is 4.68. The van der Waals surface area contributed by atoms with E-state index >= 15 is 0 Å². The number of nitrogens with zero attached hydrogens (tertiary/aromatic N) is 5. The molecule has 1 aromatic carbocycles. The quantitative estimate of drug-likeness (QED) is 0.506. The van der Waals surface area contributed by atoms with Gasteiger partial charge in [0.25, 0.3) is 0 Å². The van der Waals surface area contributed by atoms with Gasteiger partial charge in [-0.3, -0.25) is 4.68 Å². The maximum absolute atomic E-state index is 14.2. The van der Waals surface area contributed by atoms with Crippen molar-refractivity contribution in [3.8, 4) is 22.9 Å². The minimum atomic E-state index is -0.534. The highest BCUT2D eigenvalue weighted by Gasteiger charge is 2.21. The van der Waals surface area contributed by atoms with Gasteiger partial charge in [0.05, 0.1) is 24.5 Å². The lowest BCUT2D eigenvalue weighted by atomic mass is 10.2. The van der Waals surface area contributed by atoms with E-state index in [1.165, 1.54) is 12.3 Å². The van der Waals surface area contributed by atoms with Gasteiger partial charge in [0.2, 0.25) is 0 Å². The zero-order chi connectivity index (χ0) is 20.5. The van der Waals surface area contributed by atoms with Crippen molar-refractivity contribution in [2.45, 2.75) is 12.6 Å². The Bertz CT molecular complexity index is 1170. The fourth-order valence-corrected chi connectivity index (χ4v) is 3.16. The number of benzene rings is 1. The molecule has 152 valence electrons. The van der Waals surface area contributed by atoms with Crippen molar-refractivity contribution in [3.05, 3.63) is 66.1 Å². The second kappa shape index (κ2) is 7.64. The maximum atomic E-state index is 14.2. The van der Waals surface area contributed by atoms with Crippen LogP contribution in [0, 0.1) is 11.6 Å². The van der Waals surface area contributed by atoms with Gasteiger partial charge in [0.15, 0.2) is 17.5 Å². The van der Waals surface area contributed by atoms with Gasteiger partial charge in [-0.1, -0.05) is 23.4 Å². The summed E-state index contributed by atoms with van der Waals surface area (Å²) in [4.78, 5) is 8.39. The first-order chi connectivity index (χ1) is 14.7. The second-order valence-electron chi connectivity index (χ2n) is 6.94. The van der Waals surface area contributed by atoms with Crippen molar-refractivity contribution in [1.82, 2.24) is 30.2 Å². The van der Waals surface area contributed by atoms with E-state index < -0.39 is 5.82 Å². The lowest BCUT2D eigenvalue weighted by Gasteiger charge is -2.28. The molecular weight excluding hydrogens is 392 g/mol. The largest absolute Gasteiger partial charge is 0.364 e. The molecule has 1 fully saturated rings. The normalized spacial score (nSPS) is 13.9. The standard InChI is InChI=1S/C20H17F2N7O/c21-14-4-2-1-3-12(14)11-29-18(16-5-6-30-28-16)7-17(27-29)20-24-10-15(22)19(26-20)25-13-8-23-9-13/h1-7,10,13,23H,8-9,11H2,(H,24,25,26). The van der Waals surface area contributed by atoms with Gasteiger partial charge in [0, 0.05) is 24.7 Å². The zero-order valence-electron chi connectivity index (χ0n) is 15.7. The molecule has 4 aromatic rings. The molecule has 0 saturated carbocycles. The molecule has 0 bridgehead atoms. The van der Waals surface area contributed by atoms with E-state index in [2.05, 4.69) is 30.9 Å². The van der Waals surface area contributed by atoms with Crippen LogP contribution in [0.4, 0.5) is 14.6 Å². The Balaban J connectivity index is 1.53. The number of aromatic nitrogens is 5. The van der Waals surface area contributed by atoms with Gasteiger partial charge < -0.3 is 15.2 Å². The summed E-state index contributed by atoms with van der Waals surface area (Å²) < 4.78 is 34.9. The Morgan fingerprint density at radius 1 is 1.13 bits per heavy atom. The molecule has 1 aliphatic rings. The summed E-state index contributed by atoms with van der Waals surface area (Å²) in [6.45, 7) is 1.66. The molecule has 4 heterocycles. The molecule has 1 saturated heterocycles. The third-order valence-corrected chi connectivity index (χ3v) is 4.85. The smallest absolute Gasteiger partial charge is 0.183 e. The highest BCUT2D eigenvalue weighted by Crippen LogP contribution is 2.26. The van der Waals surface area contributed by atoms with Crippen LogP contribution in [0.2, 0.25) is 0 Å². The van der Waals surface area contributed by atoms with Crippen LogP contribution >= 0.6 is 0 Å². The molecule has 0 amide bonds. The molecule has 8 nitrogen and oxygen atoms in total. The van der Waals surface area contributed by atoms with Crippen molar-refractivity contribution in [2.75, 3.05) is 18.4 Å². The first-order valence-electron chi connectivity index (χ1n) is 9.39. The lowest BCUT2D eigenvalue weighted by Crippen LogP contribution is -2.51. The Morgan fingerprint density at radius 3 is 2.73 bits per heavy atom. The molecule has 0 spiro atoms. The highest BCUT2D eigenvalue weighted by molar-refractivity contribution is 5.63. The van der Waals surface area contributed by atoms with Gasteiger partial charge in [0.1, 0.15) is 23.5 Å². The van der Waals surface area contributed by atoms with E-state index in [1.807, 2.05) is 0 Å². The van der Waals surface area contributed by atoms with Crippen LogP contribution in [-0.4, -0.2) is 44.0 Å². The van der Waals surface area contributed by atoms with Crippen molar-refractivity contribution < 1.29 is 13.3 Å². The van der Waals surface area contributed by atoms with Gasteiger partial charge in [-0.15, -0.1) is 0 Å². The molecule has 0 aliphatic carbocycles. The van der Waals surface area contributed by atoms with Crippen LogP contribution in [0.3, 0.4) is 0 Å². The van der Waals surface area contributed by atoms with Gasteiger partial charge in [-0.25, -0.2) is 18.7 Å². The molecule has 0 unspecified atom stereocenters. The van der Waals surface area contributed by atoms with Crippen molar-refractivity contribution in [1.29, 1.82) is 0 Å². The third-order valence-electron chi connectivity index (χ3n) is 4.85. The summed E-state index contributed by atoms with van der Waals surface area (Å²) in [7, 11) is 0. The maximum Gasteiger partial charge on any atom is 0.183 e. The molecule has 0 atom stereocenters. The number of halogens is 2. The molecule has 3 aromatic heterocycles.